The van der Waals surface area contributed by atoms with Crippen LogP contribution in [-0.4, -0.2) is 15.9 Å². The fourth-order valence-electron chi connectivity index (χ4n) is 3.20. The lowest BCUT2D eigenvalue weighted by molar-refractivity contribution is -0.154. The summed E-state index contributed by atoms with van der Waals surface area (Å²) in [5.41, 5.74) is 0.0193. The van der Waals surface area contributed by atoms with Gasteiger partial charge in [0.2, 0.25) is 0 Å². The fraction of sp³-hybridized carbons (Fsp3) is 0.688. The van der Waals surface area contributed by atoms with Gasteiger partial charge in [-0.3, -0.25) is 4.79 Å². The van der Waals surface area contributed by atoms with Gasteiger partial charge < -0.3 is 4.74 Å². The summed E-state index contributed by atoms with van der Waals surface area (Å²) in [7, 11) is 0. The van der Waals surface area contributed by atoms with Gasteiger partial charge in [-0.15, -0.1) is 0 Å². The molecular weight excluding hydrogens is 252 g/mol. The summed E-state index contributed by atoms with van der Waals surface area (Å²) in [6.07, 6.45) is 5.32. The summed E-state index contributed by atoms with van der Waals surface area (Å²) < 4.78 is 5.79. The first-order chi connectivity index (χ1) is 9.35. The lowest BCUT2D eigenvalue weighted by Crippen LogP contribution is -2.19. The Bertz CT molecular complexity index is 507. The van der Waals surface area contributed by atoms with Gasteiger partial charge in [0.25, 0.3) is 0 Å². The largest absolute Gasteiger partial charge is 0.454 e. The van der Waals surface area contributed by atoms with E-state index >= 15 is 0 Å². The molecular formula is C16H22N2O2. The molecule has 3 rings (SSSR count). The van der Waals surface area contributed by atoms with Crippen LogP contribution in [0.2, 0.25) is 0 Å². The summed E-state index contributed by atoms with van der Waals surface area (Å²) >= 11 is 0. The minimum atomic E-state index is -0.268. The smallest absolute Gasteiger partial charge is 0.310 e. The number of aromatic nitrogens is 2. The minimum Gasteiger partial charge on any atom is -0.454 e. The number of hydrogen-bond acceptors (Lipinski definition) is 4. The molecule has 1 aromatic heterocycles. The third kappa shape index (κ3) is 2.02. The van der Waals surface area contributed by atoms with Crippen molar-refractivity contribution in [3.63, 3.8) is 0 Å². The first-order valence-electron chi connectivity index (χ1n) is 7.33. The summed E-state index contributed by atoms with van der Waals surface area (Å²) in [4.78, 5) is 21.0. The molecule has 0 amide bonds. The summed E-state index contributed by atoms with van der Waals surface area (Å²) in [6.45, 7) is 8.52. The number of ether oxygens (including phenoxy) is 1. The van der Waals surface area contributed by atoms with E-state index in [-0.39, 0.29) is 28.8 Å². The van der Waals surface area contributed by atoms with E-state index in [1.54, 1.807) is 18.5 Å². The second kappa shape index (κ2) is 4.27. The SMILES string of the molecule is CC1(C)C(C(=O)O[C@H](c2ncccn2)C2CC2)C1(C)C. The van der Waals surface area contributed by atoms with E-state index in [0.717, 1.165) is 12.8 Å². The predicted molar refractivity (Wildman–Crippen MR) is 74.6 cm³/mol. The molecule has 0 spiro atoms. The van der Waals surface area contributed by atoms with Crippen molar-refractivity contribution in [1.29, 1.82) is 0 Å². The molecule has 0 aliphatic heterocycles. The van der Waals surface area contributed by atoms with E-state index in [1.807, 2.05) is 0 Å². The molecule has 1 aromatic rings. The summed E-state index contributed by atoms with van der Waals surface area (Å²) in [6, 6.07) is 1.78. The lowest BCUT2D eigenvalue weighted by Gasteiger charge is -2.16. The molecule has 108 valence electrons. The molecule has 0 radical (unpaired) electrons. The second-order valence-electron chi connectivity index (χ2n) is 7.18. The monoisotopic (exact) mass is 274 g/mol. The van der Waals surface area contributed by atoms with E-state index < -0.39 is 0 Å². The van der Waals surface area contributed by atoms with Crippen molar-refractivity contribution in [1.82, 2.24) is 9.97 Å². The quantitative estimate of drug-likeness (QED) is 0.791. The molecule has 0 saturated heterocycles. The van der Waals surface area contributed by atoms with Gasteiger partial charge in [-0.2, -0.15) is 0 Å². The molecule has 1 heterocycles. The van der Waals surface area contributed by atoms with Crippen LogP contribution in [0.25, 0.3) is 0 Å². The van der Waals surface area contributed by atoms with Crippen molar-refractivity contribution < 1.29 is 9.53 Å². The molecule has 4 nitrogen and oxygen atoms in total. The Morgan fingerprint density at radius 2 is 1.75 bits per heavy atom. The van der Waals surface area contributed by atoms with Gasteiger partial charge in [0, 0.05) is 18.3 Å². The maximum atomic E-state index is 12.5. The number of nitrogens with zero attached hydrogens (tertiary/aromatic N) is 2. The number of esters is 1. The molecule has 0 aromatic carbocycles. The van der Waals surface area contributed by atoms with Crippen LogP contribution in [-0.2, 0) is 9.53 Å². The normalized spacial score (nSPS) is 25.0. The van der Waals surface area contributed by atoms with E-state index in [9.17, 15) is 4.79 Å². The van der Waals surface area contributed by atoms with Gasteiger partial charge in [-0.1, -0.05) is 27.7 Å². The average molecular weight is 274 g/mol. The Morgan fingerprint density at radius 3 is 2.20 bits per heavy atom. The zero-order valence-electron chi connectivity index (χ0n) is 12.6. The number of carbonyl (C=O) groups is 1. The maximum Gasteiger partial charge on any atom is 0.310 e. The molecule has 0 bridgehead atoms. The second-order valence-corrected chi connectivity index (χ2v) is 7.18. The molecule has 1 atom stereocenters. The molecule has 4 heteroatoms. The number of rotatable bonds is 4. The van der Waals surface area contributed by atoms with Gasteiger partial charge in [-0.05, 0) is 29.7 Å². The van der Waals surface area contributed by atoms with Crippen LogP contribution < -0.4 is 0 Å². The zero-order valence-corrected chi connectivity index (χ0v) is 12.6. The fourth-order valence-corrected chi connectivity index (χ4v) is 3.20. The van der Waals surface area contributed by atoms with E-state index in [1.165, 1.54) is 0 Å². The third-order valence-corrected chi connectivity index (χ3v) is 5.39. The van der Waals surface area contributed by atoms with E-state index in [0.29, 0.717) is 11.7 Å². The number of hydrogen-bond donors (Lipinski definition) is 0. The topological polar surface area (TPSA) is 52.1 Å². The standard InChI is InChI=1S/C16H22N2O2/c1-15(2)12(16(15,3)4)14(19)20-11(10-6-7-10)13-17-8-5-9-18-13/h5,8-12H,6-7H2,1-4H3/t11-/m0/s1. The molecule has 2 aliphatic rings. The Labute approximate surface area is 120 Å². The zero-order chi connectivity index (χ0) is 14.5. The summed E-state index contributed by atoms with van der Waals surface area (Å²) in [5.74, 6) is 0.912. The molecule has 0 unspecified atom stereocenters. The highest BCUT2D eigenvalue weighted by atomic mass is 16.5. The van der Waals surface area contributed by atoms with Crippen LogP contribution in [0.15, 0.2) is 18.5 Å². The highest BCUT2D eigenvalue weighted by Crippen LogP contribution is 2.69. The maximum absolute atomic E-state index is 12.5. The Kier molecular flexibility index (Phi) is 2.89. The van der Waals surface area contributed by atoms with Gasteiger partial charge >= 0.3 is 5.97 Å². The van der Waals surface area contributed by atoms with Gasteiger partial charge in [-0.25, -0.2) is 9.97 Å². The number of carbonyl (C=O) groups excluding carboxylic acids is 1. The molecule has 2 aliphatic carbocycles. The van der Waals surface area contributed by atoms with Gasteiger partial charge in [0.05, 0.1) is 5.92 Å². The van der Waals surface area contributed by atoms with Crippen LogP contribution in [0.4, 0.5) is 0 Å². The van der Waals surface area contributed by atoms with Crippen molar-refractivity contribution in [3.05, 3.63) is 24.3 Å². The van der Waals surface area contributed by atoms with Gasteiger partial charge in [0.15, 0.2) is 11.9 Å². The predicted octanol–water partition coefficient (Wildman–Crippen LogP) is 3.15. The molecule has 20 heavy (non-hydrogen) atoms. The Balaban J connectivity index is 1.74. The minimum absolute atomic E-state index is 0.00965. The van der Waals surface area contributed by atoms with E-state index in [2.05, 4.69) is 37.7 Å². The summed E-state index contributed by atoms with van der Waals surface area (Å²) in [5, 5.41) is 0. The van der Waals surface area contributed by atoms with Gasteiger partial charge in [0.1, 0.15) is 0 Å². The Morgan fingerprint density at radius 1 is 1.20 bits per heavy atom. The van der Waals surface area contributed by atoms with E-state index in [4.69, 9.17) is 4.74 Å². The van der Waals surface area contributed by atoms with Crippen LogP contribution in [0.1, 0.15) is 52.5 Å². The molecule has 0 N–H and O–H groups in total. The van der Waals surface area contributed by atoms with Crippen LogP contribution in [0.3, 0.4) is 0 Å². The van der Waals surface area contributed by atoms with Crippen LogP contribution >= 0.6 is 0 Å². The van der Waals surface area contributed by atoms with Crippen LogP contribution in [0, 0.1) is 22.7 Å². The van der Waals surface area contributed by atoms with Crippen molar-refractivity contribution in [2.24, 2.45) is 22.7 Å². The van der Waals surface area contributed by atoms with Crippen molar-refractivity contribution in [3.8, 4) is 0 Å². The third-order valence-electron chi connectivity index (χ3n) is 5.39. The van der Waals surface area contributed by atoms with Crippen molar-refractivity contribution in [2.45, 2.75) is 46.6 Å². The highest BCUT2D eigenvalue weighted by Gasteiger charge is 2.69. The van der Waals surface area contributed by atoms with Crippen molar-refractivity contribution in [2.75, 3.05) is 0 Å². The lowest BCUT2D eigenvalue weighted by atomic mass is 10.0. The van der Waals surface area contributed by atoms with Crippen LogP contribution in [0.5, 0.6) is 0 Å². The highest BCUT2D eigenvalue weighted by molar-refractivity contribution is 5.79. The molecule has 2 saturated carbocycles. The Hall–Kier alpha value is -1.45. The first kappa shape index (κ1) is 13.5. The molecule has 2 fully saturated rings. The average Bonchev–Trinajstić information content (AvgIpc) is 3.26. The first-order valence-corrected chi connectivity index (χ1v) is 7.33. The van der Waals surface area contributed by atoms with Crippen molar-refractivity contribution >= 4 is 5.97 Å².